The lowest BCUT2D eigenvalue weighted by molar-refractivity contribution is 0.0694. The molecule has 1 N–H and O–H groups in total. The number of hydrogen-bond acceptors (Lipinski definition) is 4. The van der Waals surface area contributed by atoms with E-state index >= 15 is 0 Å². The van der Waals surface area contributed by atoms with Crippen molar-refractivity contribution in [3.63, 3.8) is 0 Å². The minimum Gasteiger partial charge on any atom is -0.496 e. The summed E-state index contributed by atoms with van der Waals surface area (Å²) in [5.74, 6) is -0.131. The van der Waals surface area contributed by atoms with Crippen molar-refractivity contribution in [3.05, 3.63) is 51.3 Å². The quantitative estimate of drug-likeness (QED) is 0.738. The van der Waals surface area contributed by atoms with Gasteiger partial charge in [0, 0.05) is 37.6 Å². The first-order valence-corrected chi connectivity index (χ1v) is 9.56. The SMILES string of the molecule is COCCCc1cc2c(cc1OC)-c1cc(=O)c(C(=O)O)cn1[C@H](C(C)C)C2. The lowest BCUT2D eigenvalue weighted by atomic mass is 9.85. The van der Waals surface area contributed by atoms with Gasteiger partial charge in [0.15, 0.2) is 5.43 Å². The monoisotopic (exact) mass is 385 g/mol. The first-order valence-electron chi connectivity index (χ1n) is 9.56. The molecular formula is C22H27NO5. The molecule has 0 saturated heterocycles. The van der Waals surface area contributed by atoms with Crippen LogP contribution in [0.1, 0.15) is 47.8 Å². The number of ether oxygens (including phenoxy) is 2. The van der Waals surface area contributed by atoms with Gasteiger partial charge in [0.2, 0.25) is 0 Å². The van der Waals surface area contributed by atoms with Gasteiger partial charge >= 0.3 is 5.97 Å². The summed E-state index contributed by atoms with van der Waals surface area (Å²) in [5, 5.41) is 9.37. The summed E-state index contributed by atoms with van der Waals surface area (Å²) in [6, 6.07) is 5.67. The third-order valence-electron chi connectivity index (χ3n) is 5.44. The average Bonchev–Trinajstić information content (AvgIpc) is 2.66. The molecule has 1 aliphatic heterocycles. The fourth-order valence-electron chi connectivity index (χ4n) is 3.96. The van der Waals surface area contributed by atoms with Gasteiger partial charge in [-0.3, -0.25) is 4.79 Å². The molecule has 0 amide bonds. The standard InChI is InChI=1S/C22H27NO5/c1-13(2)18-9-15-8-14(6-5-7-27-3)21(28-4)10-16(15)19-11-20(24)17(22(25)26)12-23(18)19/h8,10-13,18H,5-7,9H2,1-4H3,(H,25,26)/t18-/m0/s1. The van der Waals surface area contributed by atoms with Gasteiger partial charge in [-0.2, -0.15) is 0 Å². The maximum absolute atomic E-state index is 12.4. The number of pyridine rings is 1. The van der Waals surface area contributed by atoms with Crippen LogP contribution >= 0.6 is 0 Å². The number of carboxylic acids is 1. The van der Waals surface area contributed by atoms with E-state index in [0.29, 0.717) is 6.61 Å². The van der Waals surface area contributed by atoms with E-state index in [1.165, 1.54) is 12.3 Å². The van der Waals surface area contributed by atoms with E-state index in [2.05, 4.69) is 19.9 Å². The van der Waals surface area contributed by atoms with Crippen LogP contribution in [-0.4, -0.2) is 36.5 Å². The number of aromatic carboxylic acids is 1. The van der Waals surface area contributed by atoms with Gasteiger partial charge in [0.05, 0.1) is 12.8 Å². The van der Waals surface area contributed by atoms with Gasteiger partial charge in [-0.05, 0) is 42.4 Å². The van der Waals surface area contributed by atoms with Crippen molar-refractivity contribution in [2.75, 3.05) is 20.8 Å². The van der Waals surface area contributed by atoms with E-state index in [4.69, 9.17) is 9.47 Å². The molecule has 3 rings (SSSR count). The number of hydrogen-bond donors (Lipinski definition) is 1. The number of carboxylic acid groups (broad SMARTS) is 1. The summed E-state index contributed by atoms with van der Waals surface area (Å²) in [4.78, 5) is 23.8. The first kappa shape index (κ1) is 20.1. The van der Waals surface area contributed by atoms with Crippen LogP contribution in [0, 0.1) is 5.92 Å². The van der Waals surface area contributed by atoms with Crippen molar-refractivity contribution < 1.29 is 19.4 Å². The molecule has 150 valence electrons. The highest BCUT2D eigenvalue weighted by molar-refractivity contribution is 5.87. The van der Waals surface area contributed by atoms with Crippen molar-refractivity contribution >= 4 is 5.97 Å². The molecule has 2 heterocycles. The summed E-state index contributed by atoms with van der Waals surface area (Å²) in [5.41, 5.74) is 3.29. The number of rotatable bonds is 7. The second-order valence-electron chi connectivity index (χ2n) is 7.58. The Kier molecular flexibility index (Phi) is 5.89. The Hall–Kier alpha value is -2.60. The highest BCUT2D eigenvalue weighted by atomic mass is 16.5. The van der Waals surface area contributed by atoms with Gasteiger partial charge in [-0.15, -0.1) is 0 Å². The normalized spacial score (nSPS) is 15.2. The number of nitrogens with zero attached hydrogens (tertiary/aromatic N) is 1. The van der Waals surface area contributed by atoms with Crippen molar-refractivity contribution in [2.24, 2.45) is 5.92 Å². The zero-order valence-corrected chi connectivity index (χ0v) is 16.8. The number of benzene rings is 1. The molecule has 1 aromatic carbocycles. The molecule has 1 aromatic heterocycles. The average molecular weight is 385 g/mol. The van der Waals surface area contributed by atoms with Gasteiger partial charge in [0.1, 0.15) is 11.3 Å². The summed E-state index contributed by atoms with van der Waals surface area (Å²) in [7, 11) is 3.33. The molecule has 0 fully saturated rings. The van der Waals surface area contributed by atoms with Crippen molar-refractivity contribution in [3.8, 4) is 17.0 Å². The highest BCUT2D eigenvalue weighted by Gasteiger charge is 2.29. The smallest absolute Gasteiger partial charge is 0.341 e. The first-order chi connectivity index (χ1) is 13.4. The second kappa shape index (κ2) is 8.19. The minimum absolute atomic E-state index is 0.0846. The Morgan fingerprint density at radius 1 is 1.29 bits per heavy atom. The summed E-state index contributed by atoms with van der Waals surface area (Å²) in [6.07, 6.45) is 4.02. The van der Waals surface area contributed by atoms with Crippen LogP contribution in [0.15, 0.2) is 29.2 Å². The summed E-state index contributed by atoms with van der Waals surface area (Å²) in [6.45, 7) is 4.91. The van der Waals surface area contributed by atoms with E-state index in [1.807, 2.05) is 10.6 Å². The Morgan fingerprint density at radius 3 is 2.64 bits per heavy atom. The molecular weight excluding hydrogens is 358 g/mol. The Morgan fingerprint density at radius 2 is 2.04 bits per heavy atom. The lowest BCUT2D eigenvalue weighted by Gasteiger charge is -2.34. The van der Waals surface area contributed by atoms with Crippen LogP contribution in [0.4, 0.5) is 0 Å². The number of carbonyl (C=O) groups is 1. The third-order valence-corrected chi connectivity index (χ3v) is 5.44. The van der Waals surface area contributed by atoms with Crippen LogP contribution in [0.2, 0.25) is 0 Å². The van der Waals surface area contributed by atoms with Crippen LogP contribution in [0.3, 0.4) is 0 Å². The van der Waals surface area contributed by atoms with E-state index in [-0.39, 0.29) is 17.5 Å². The van der Waals surface area contributed by atoms with Gasteiger partial charge < -0.3 is 19.1 Å². The number of aromatic nitrogens is 1. The molecule has 0 aliphatic carbocycles. The van der Waals surface area contributed by atoms with Crippen LogP contribution in [-0.2, 0) is 17.6 Å². The van der Waals surface area contributed by atoms with E-state index in [9.17, 15) is 14.7 Å². The van der Waals surface area contributed by atoms with Crippen molar-refractivity contribution in [1.29, 1.82) is 0 Å². The number of fused-ring (bicyclic) bond motifs is 3. The van der Waals surface area contributed by atoms with Crippen molar-refractivity contribution in [2.45, 2.75) is 39.2 Å². The maximum atomic E-state index is 12.4. The molecule has 1 atom stereocenters. The Labute approximate surface area is 164 Å². The summed E-state index contributed by atoms with van der Waals surface area (Å²) < 4.78 is 12.7. The zero-order chi connectivity index (χ0) is 20.4. The molecule has 28 heavy (non-hydrogen) atoms. The largest absolute Gasteiger partial charge is 0.496 e. The highest BCUT2D eigenvalue weighted by Crippen LogP contribution is 2.40. The Balaban J connectivity index is 2.17. The molecule has 6 heteroatoms. The summed E-state index contributed by atoms with van der Waals surface area (Å²) >= 11 is 0. The van der Waals surface area contributed by atoms with Gasteiger partial charge in [-0.1, -0.05) is 19.9 Å². The maximum Gasteiger partial charge on any atom is 0.341 e. The molecule has 0 bridgehead atoms. The molecule has 0 unspecified atom stereocenters. The van der Waals surface area contributed by atoms with Crippen molar-refractivity contribution in [1.82, 2.24) is 4.57 Å². The molecule has 0 saturated carbocycles. The van der Waals surface area contributed by atoms with E-state index < -0.39 is 11.4 Å². The molecule has 1 aliphatic rings. The van der Waals surface area contributed by atoms with Crippen LogP contribution < -0.4 is 10.2 Å². The lowest BCUT2D eigenvalue weighted by Crippen LogP contribution is -2.28. The molecule has 0 radical (unpaired) electrons. The fraction of sp³-hybridized carbons (Fsp3) is 0.455. The van der Waals surface area contributed by atoms with Crippen LogP contribution in [0.5, 0.6) is 5.75 Å². The molecule has 2 aromatic rings. The third kappa shape index (κ3) is 3.69. The topological polar surface area (TPSA) is 77.8 Å². The number of methoxy groups -OCH3 is 2. The van der Waals surface area contributed by atoms with E-state index in [1.54, 1.807) is 14.2 Å². The fourth-order valence-corrected chi connectivity index (χ4v) is 3.96. The predicted molar refractivity (Wildman–Crippen MR) is 107 cm³/mol. The van der Waals surface area contributed by atoms with Gasteiger partial charge in [-0.25, -0.2) is 4.79 Å². The predicted octanol–water partition coefficient (Wildman–Crippen LogP) is 3.55. The second-order valence-corrected chi connectivity index (χ2v) is 7.58. The zero-order valence-electron chi connectivity index (χ0n) is 16.8. The minimum atomic E-state index is -1.19. The van der Waals surface area contributed by atoms with Crippen LogP contribution in [0.25, 0.3) is 11.3 Å². The van der Waals surface area contributed by atoms with E-state index in [0.717, 1.165) is 47.4 Å². The molecule has 0 spiro atoms. The molecule has 6 nitrogen and oxygen atoms in total. The Bertz CT molecular complexity index is 945. The van der Waals surface area contributed by atoms with Gasteiger partial charge in [0.25, 0.3) is 0 Å². The number of aryl methyl sites for hydroxylation is 1.